The Morgan fingerprint density at radius 2 is 2.12 bits per heavy atom. The number of carbonyl (C=O) groups is 1. The Morgan fingerprint density at radius 3 is 2.65 bits per heavy atom. The Hall–Kier alpha value is -0.810. The standard InChI is InChI=1S/C11H16ClN3OS/c1-6(2)7(3)14-10(16)9-8(12)5-13-11(15-9)17-4/h5-7H,1-4H3,(H,14,16)/t7-/m0/s1. The number of carbonyl (C=O) groups excluding carboxylic acids is 1. The van der Waals surface area contributed by atoms with E-state index in [1.165, 1.54) is 18.0 Å². The first-order valence-corrected chi connectivity index (χ1v) is 6.93. The highest BCUT2D eigenvalue weighted by Gasteiger charge is 2.17. The van der Waals surface area contributed by atoms with E-state index in [1.54, 1.807) is 0 Å². The van der Waals surface area contributed by atoms with Crippen molar-refractivity contribution < 1.29 is 4.79 Å². The molecule has 0 aliphatic heterocycles. The summed E-state index contributed by atoms with van der Waals surface area (Å²) in [6, 6.07) is 0.0752. The second-order valence-corrected chi connectivity index (χ2v) is 5.24. The third kappa shape index (κ3) is 3.85. The van der Waals surface area contributed by atoms with Crippen molar-refractivity contribution in [2.75, 3.05) is 6.26 Å². The Kier molecular flexibility index (Phi) is 5.21. The molecule has 6 heteroatoms. The van der Waals surface area contributed by atoms with E-state index >= 15 is 0 Å². The fourth-order valence-electron chi connectivity index (χ4n) is 1.05. The number of nitrogens with zero attached hydrogens (tertiary/aromatic N) is 2. The van der Waals surface area contributed by atoms with Gasteiger partial charge in [-0.05, 0) is 19.1 Å². The van der Waals surface area contributed by atoms with Crippen molar-refractivity contribution in [3.8, 4) is 0 Å². The molecule has 0 fully saturated rings. The Morgan fingerprint density at radius 1 is 1.47 bits per heavy atom. The number of amides is 1. The summed E-state index contributed by atoms with van der Waals surface area (Å²) in [7, 11) is 0. The average molecular weight is 274 g/mol. The smallest absolute Gasteiger partial charge is 0.271 e. The molecule has 1 atom stereocenters. The first-order valence-electron chi connectivity index (χ1n) is 5.33. The highest BCUT2D eigenvalue weighted by Crippen LogP contribution is 2.16. The van der Waals surface area contributed by atoms with Gasteiger partial charge in [-0.2, -0.15) is 0 Å². The van der Waals surface area contributed by atoms with Gasteiger partial charge in [0.15, 0.2) is 10.9 Å². The van der Waals surface area contributed by atoms with E-state index < -0.39 is 0 Å². The van der Waals surface area contributed by atoms with Gasteiger partial charge in [0.05, 0.1) is 11.2 Å². The first kappa shape index (κ1) is 14.3. The molecule has 1 heterocycles. The van der Waals surface area contributed by atoms with Gasteiger partial charge in [0.25, 0.3) is 5.91 Å². The van der Waals surface area contributed by atoms with Crippen LogP contribution >= 0.6 is 23.4 Å². The second kappa shape index (κ2) is 6.21. The van der Waals surface area contributed by atoms with E-state index in [1.807, 2.05) is 27.0 Å². The van der Waals surface area contributed by atoms with Gasteiger partial charge in [0, 0.05) is 6.04 Å². The normalized spacial score (nSPS) is 12.6. The maximum absolute atomic E-state index is 12.0. The van der Waals surface area contributed by atoms with Gasteiger partial charge in [-0.1, -0.05) is 37.2 Å². The van der Waals surface area contributed by atoms with Crippen LogP contribution in [0.15, 0.2) is 11.4 Å². The predicted molar refractivity (Wildman–Crippen MR) is 70.6 cm³/mol. The minimum atomic E-state index is -0.256. The van der Waals surface area contributed by atoms with Crippen LogP contribution in [0, 0.1) is 5.92 Å². The van der Waals surface area contributed by atoms with E-state index in [0.717, 1.165) is 0 Å². The quantitative estimate of drug-likeness (QED) is 0.677. The summed E-state index contributed by atoms with van der Waals surface area (Å²) in [6.45, 7) is 6.03. The molecule has 0 saturated heterocycles. The molecule has 94 valence electrons. The molecule has 0 saturated carbocycles. The molecule has 0 bridgehead atoms. The second-order valence-electron chi connectivity index (χ2n) is 4.06. The zero-order valence-corrected chi connectivity index (χ0v) is 11.9. The SMILES string of the molecule is CSc1ncc(Cl)c(C(=O)N[C@@H](C)C(C)C)n1. The van der Waals surface area contributed by atoms with Gasteiger partial charge in [-0.15, -0.1) is 0 Å². The molecule has 1 amide bonds. The monoisotopic (exact) mass is 273 g/mol. The molecule has 1 rings (SSSR count). The molecule has 0 aliphatic carbocycles. The summed E-state index contributed by atoms with van der Waals surface area (Å²) in [4.78, 5) is 20.1. The number of rotatable bonds is 4. The van der Waals surface area contributed by atoms with Crippen molar-refractivity contribution in [1.82, 2.24) is 15.3 Å². The molecule has 1 aromatic heterocycles. The lowest BCUT2D eigenvalue weighted by Crippen LogP contribution is -2.36. The highest BCUT2D eigenvalue weighted by atomic mass is 35.5. The van der Waals surface area contributed by atoms with Gasteiger partial charge in [-0.3, -0.25) is 4.79 Å². The minimum absolute atomic E-state index is 0.0752. The zero-order chi connectivity index (χ0) is 13.0. The molecule has 1 aromatic rings. The average Bonchev–Trinajstić information content (AvgIpc) is 2.29. The summed E-state index contributed by atoms with van der Waals surface area (Å²) in [5.41, 5.74) is 0.235. The lowest BCUT2D eigenvalue weighted by Gasteiger charge is -2.17. The zero-order valence-electron chi connectivity index (χ0n) is 10.3. The molecule has 0 aliphatic rings. The van der Waals surface area contributed by atoms with Crippen molar-refractivity contribution in [1.29, 1.82) is 0 Å². The number of aromatic nitrogens is 2. The van der Waals surface area contributed by atoms with Crippen LogP contribution in [-0.2, 0) is 0 Å². The van der Waals surface area contributed by atoms with E-state index in [0.29, 0.717) is 11.1 Å². The number of hydrogen-bond acceptors (Lipinski definition) is 4. The summed E-state index contributed by atoms with van der Waals surface area (Å²) >= 11 is 7.29. The third-order valence-corrected chi connectivity index (χ3v) is 3.32. The van der Waals surface area contributed by atoms with Crippen LogP contribution in [0.1, 0.15) is 31.3 Å². The van der Waals surface area contributed by atoms with Crippen LogP contribution in [-0.4, -0.2) is 28.2 Å². The van der Waals surface area contributed by atoms with E-state index in [2.05, 4.69) is 15.3 Å². The lowest BCUT2D eigenvalue weighted by molar-refractivity contribution is 0.0924. The maximum Gasteiger partial charge on any atom is 0.271 e. The number of hydrogen-bond donors (Lipinski definition) is 1. The Labute approximate surface area is 111 Å². The predicted octanol–water partition coefficient (Wildman–Crippen LogP) is 2.63. The molecule has 0 aromatic carbocycles. The van der Waals surface area contributed by atoms with E-state index in [-0.39, 0.29) is 22.7 Å². The fraction of sp³-hybridized carbons (Fsp3) is 0.545. The van der Waals surface area contributed by atoms with Crippen molar-refractivity contribution in [2.45, 2.75) is 32.0 Å². The van der Waals surface area contributed by atoms with Crippen molar-refractivity contribution >= 4 is 29.3 Å². The molecule has 0 spiro atoms. The van der Waals surface area contributed by atoms with Gasteiger partial charge >= 0.3 is 0 Å². The van der Waals surface area contributed by atoms with Crippen LogP contribution in [0.3, 0.4) is 0 Å². The van der Waals surface area contributed by atoms with Crippen molar-refractivity contribution in [3.63, 3.8) is 0 Å². The largest absolute Gasteiger partial charge is 0.348 e. The highest BCUT2D eigenvalue weighted by molar-refractivity contribution is 7.98. The molecular formula is C11H16ClN3OS. The molecule has 4 nitrogen and oxygen atoms in total. The Balaban J connectivity index is 2.88. The summed E-state index contributed by atoms with van der Waals surface area (Å²) in [5, 5.41) is 3.68. The van der Waals surface area contributed by atoms with Gasteiger partial charge in [-0.25, -0.2) is 9.97 Å². The summed E-state index contributed by atoms with van der Waals surface area (Å²) in [6.07, 6.45) is 3.30. The number of halogens is 1. The van der Waals surface area contributed by atoms with Crippen LogP contribution in [0.25, 0.3) is 0 Å². The number of nitrogens with one attached hydrogen (secondary N) is 1. The van der Waals surface area contributed by atoms with E-state index in [4.69, 9.17) is 11.6 Å². The van der Waals surface area contributed by atoms with Gasteiger partial charge < -0.3 is 5.32 Å². The minimum Gasteiger partial charge on any atom is -0.348 e. The Bertz CT molecular complexity index is 412. The summed E-state index contributed by atoms with van der Waals surface area (Å²) in [5.74, 6) is 0.105. The maximum atomic E-state index is 12.0. The van der Waals surface area contributed by atoms with E-state index in [9.17, 15) is 4.79 Å². The van der Waals surface area contributed by atoms with Crippen LogP contribution in [0.4, 0.5) is 0 Å². The van der Waals surface area contributed by atoms with Crippen LogP contribution in [0.2, 0.25) is 5.02 Å². The summed E-state index contributed by atoms with van der Waals surface area (Å²) < 4.78 is 0. The third-order valence-electron chi connectivity index (χ3n) is 2.48. The van der Waals surface area contributed by atoms with Crippen molar-refractivity contribution in [3.05, 3.63) is 16.9 Å². The fourth-order valence-corrected chi connectivity index (χ4v) is 1.57. The molecular weight excluding hydrogens is 258 g/mol. The van der Waals surface area contributed by atoms with Gasteiger partial charge in [0.1, 0.15) is 0 Å². The molecule has 17 heavy (non-hydrogen) atoms. The lowest BCUT2D eigenvalue weighted by atomic mass is 10.1. The molecule has 0 radical (unpaired) electrons. The number of thioether (sulfide) groups is 1. The van der Waals surface area contributed by atoms with Gasteiger partial charge in [0.2, 0.25) is 0 Å². The first-order chi connectivity index (χ1) is 7.95. The molecule has 1 N–H and O–H groups in total. The topological polar surface area (TPSA) is 54.9 Å². The van der Waals surface area contributed by atoms with Crippen LogP contribution in [0.5, 0.6) is 0 Å². The van der Waals surface area contributed by atoms with Crippen LogP contribution < -0.4 is 5.32 Å². The molecule has 0 unspecified atom stereocenters. The van der Waals surface area contributed by atoms with Crippen molar-refractivity contribution in [2.24, 2.45) is 5.92 Å².